The second-order valence-electron chi connectivity index (χ2n) is 8.50. The summed E-state index contributed by atoms with van der Waals surface area (Å²) in [5.74, 6) is 0.648. The molecular formula is C29H27ClN2O3. The Morgan fingerprint density at radius 1 is 0.886 bits per heavy atom. The quantitative estimate of drug-likeness (QED) is 0.341. The number of carbonyl (C=O) groups excluding carboxylic acids is 1. The standard InChI is InChI=1S/C29H27ClN2O3/c30-24-8-4-6-22(20-24)21-5-3-7-23(19-21)29(33)31-27-11-12-28(26-10-2-1-9-25(26)27)35-18-15-32-13-16-34-17-14-32/h1-12,19-20H,13-18H2,(H,31,33). The van der Waals surface area contributed by atoms with Crippen LogP contribution in [0.4, 0.5) is 5.69 Å². The number of fused-ring (bicyclic) bond motifs is 1. The van der Waals surface area contributed by atoms with Crippen LogP contribution >= 0.6 is 11.6 Å². The number of morpholine rings is 1. The summed E-state index contributed by atoms with van der Waals surface area (Å²) in [6.45, 7) is 4.89. The molecule has 1 fully saturated rings. The topological polar surface area (TPSA) is 50.8 Å². The second-order valence-corrected chi connectivity index (χ2v) is 8.94. The predicted octanol–water partition coefficient (Wildman–Crippen LogP) is 6.12. The monoisotopic (exact) mass is 486 g/mol. The van der Waals surface area contributed by atoms with E-state index in [9.17, 15) is 4.79 Å². The van der Waals surface area contributed by atoms with E-state index in [1.807, 2.05) is 84.9 Å². The van der Waals surface area contributed by atoms with Gasteiger partial charge in [-0.1, -0.05) is 60.1 Å². The van der Waals surface area contributed by atoms with Gasteiger partial charge < -0.3 is 14.8 Å². The Labute approximate surface area is 210 Å². The van der Waals surface area contributed by atoms with Crippen LogP contribution in [0.3, 0.4) is 0 Å². The van der Waals surface area contributed by atoms with Gasteiger partial charge in [-0.2, -0.15) is 0 Å². The van der Waals surface area contributed by atoms with Crippen LogP contribution in [0.15, 0.2) is 84.9 Å². The Morgan fingerprint density at radius 3 is 2.43 bits per heavy atom. The molecule has 0 spiro atoms. The minimum Gasteiger partial charge on any atom is -0.492 e. The van der Waals surface area contributed by atoms with E-state index in [-0.39, 0.29) is 5.91 Å². The summed E-state index contributed by atoms with van der Waals surface area (Å²) in [6, 6.07) is 27.0. The Balaban J connectivity index is 1.33. The third-order valence-electron chi connectivity index (χ3n) is 6.18. The Kier molecular flexibility index (Phi) is 7.28. The van der Waals surface area contributed by atoms with E-state index < -0.39 is 0 Å². The highest BCUT2D eigenvalue weighted by atomic mass is 35.5. The average molecular weight is 487 g/mol. The lowest BCUT2D eigenvalue weighted by atomic mass is 10.0. The summed E-state index contributed by atoms with van der Waals surface area (Å²) in [4.78, 5) is 15.5. The van der Waals surface area contributed by atoms with E-state index in [1.165, 1.54) is 0 Å². The molecule has 1 amide bonds. The zero-order valence-electron chi connectivity index (χ0n) is 19.4. The second kappa shape index (κ2) is 10.9. The van der Waals surface area contributed by atoms with E-state index in [0.29, 0.717) is 17.2 Å². The van der Waals surface area contributed by atoms with E-state index >= 15 is 0 Å². The smallest absolute Gasteiger partial charge is 0.255 e. The molecule has 178 valence electrons. The molecular weight excluding hydrogens is 460 g/mol. The van der Waals surface area contributed by atoms with Gasteiger partial charge in [0.1, 0.15) is 12.4 Å². The lowest BCUT2D eigenvalue weighted by Crippen LogP contribution is -2.38. The molecule has 1 aliphatic rings. The summed E-state index contributed by atoms with van der Waals surface area (Å²) in [7, 11) is 0. The number of hydrogen-bond donors (Lipinski definition) is 1. The Morgan fingerprint density at radius 2 is 1.63 bits per heavy atom. The molecule has 0 aliphatic carbocycles. The predicted molar refractivity (Wildman–Crippen MR) is 142 cm³/mol. The zero-order chi connectivity index (χ0) is 24.0. The number of benzene rings is 4. The molecule has 4 aromatic carbocycles. The van der Waals surface area contributed by atoms with Crippen molar-refractivity contribution in [3.63, 3.8) is 0 Å². The van der Waals surface area contributed by atoms with Crippen molar-refractivity contribution >= 4 is 34.0 Å². The van der Waals surface area contributed by atoms with E-state index in [2.05, 4.69) is 10.2 Å². The summed E-state index contributed by atoms with van der Waals surface area (Å²) in [6.07, 6.45) is 0. The molecule has 1 aliphatic heterocycles. The van der Waals surface area contributed by atoms with Gasteiger partial charge in [-0.15, -0.1) is 0 Å². The first kappa shape index (κ1) is 23.4. The summed E-state index contributed by atoms with van der Waals surface area (Å²) in [5, 5.41) is 5.66. The summed E-state index contributed by atoms with van der Waals surface area (Å²) in [5.41, 5.74) is 3.24. The van der Waals surface area contributed by atoms with Crippen LogP contribution in [-0.4, -0.2) is 50.3 Å². The lowest BCUT2D eigenvalue weighted by Gasteiger charge is -2.26. The summed E-state index contributed by atoms with van der Waals surface area (Å²) >= 11 is 6.15. The van der Waals surface area contributed by atoms with Crippen molar-refractivity contribution in [2.24, 2.45) is 0 Å². The fraction of sp³-hybridized carbons (Fsp3) is 0.207. The number of amides is 1. The maximum Gasteiger partial charge on any atom is 0.255 e. The number of rotatable bonds is 7. The molecule has 0 aromatic heterocycles. The van der Waals surface area contributed by atoms with Crippen molar-refractivity contribution in [1.29, 1.82) is 0 Å². The molecule has 0 atom stereocenters. The van der Waals surface area contributed by atoms with Crippen LogP contribution in [0.2, 0.25) is 5.02 Å². The van der Waals surface area contributed by atoms with Gasteiger partial charge in [0.15, 0.2) is 0 Å². The number of nitrogens with one attached hydrogen (secondary N) is 1. The van der Waals surface area contributed by atoms with Gasteiger partial charge in [-0.3, -0.25) is 9.69 Å². The highest BCUT2D eigenvalue weighted by Crippen LogP contribution is 2.32. The first-order valence-corrected chi connectivity index (χ1v) is 12.2. The maximum atomic E-state index is 13.2. The SMILES string of the molecule is O=C(Nc1ccc(OCCN2CCOCC2)c2ccccc12)c1cccc(-c2cccc(Cl)c2)c1. The number of anilines is 1. The van der Waals surface area contributed by atoms with Gasteiger partial charge in [-0.05, 0) is 47.5 Å². The van der Waals surface area contributed by atoms with Crippen LogP contribution in [0.25, 0.3) is 21.9 Å². The van der Waals surface area contributed by atoms with Crippen molar-refractivity contribution in [3.05, 3.63) is 95.5 Å². The number of halogens is 1. The highest BCUT2D eigenvalue weighted by molar-refractivity contribution is 6.30. The average Bonchev–Trinajstić information content (AvgIpc) is 2.90. The number of hydrogen-bond acceptors (Lipinski definition) is 4. The molecule has 0 bridgehead atoms. The summed E-state index contributed by atoms with van der Waals surface area (Å²) < 4.78 is 11.5. The van der Waals surface area contributed by atoms with Crippen molar-refractivity contribution in [2.45, 2.75) is 0 Å². The van der Waals surface area contributed by atoms with Crippen LogP contribution in [-0.2, 0) is 4.74 Å². The largest absolute Gasteiger partial charge is 0.492 e. The molecule has 35 heavy (non-hydrogen) atoms. The number of ether oxygens (including phenoxy) is 2. The van der Waals surface area contributed by atoms with Gasteiger partial charge in [0.25, 0.3) is 5.91 Å². The zero-order valence-corrected chi connectivity index (χ0v) is 20.1. The van der Waals surface area contributed by atoms with Gasteiger partial charge in [0.05, 0.1) is 13.2 Å². The number of nitrogens with zero attached hydrogens (tertiary/aromatic N) is 1. The fourth-order valence-corrected chi connectivity index (χ4v) is 4.51. The van der Waals surface area contributed by atoms with Gasteiger partial charge in [0, 0.05) is 46.7 Å². The van der Waals surface area contributed by atoms with Crippen LogP contribution in [0.5, 0.6) is 5.75 Å². The number of carbonyl (C=O) groups is 1. The van der Waals surface area contributed by atoms with E-state index in [4.69, 9.17) is 21.1 Å². The van der Waals surface area contributed by atoms with Crippen molar-refractivity contribution in [3.8, 4) is 16.9 Å². The van der Waals surface area contributed by atoms with Crippen molar-refractivity contribution in [1.82, 2.24) is 4.90 Å². The molecule has 4 aromatic rings. The molecule has 1 saturated heterocycles. The minimum atomic E-state index is -0.167. The van der Waals surface area contributed by atoms with Gasteiger partial charge in [-0.25, -0.2) is 0 Å². The molecule has 5 rings (SSSR count). The molecule has 0 radical (unpaired) electrons. The van der Waals surface area contributed by atoms with E-state index in [1.54, 1.807) is 0 Å². The molecule has 0 unspecified atom stereocenters. The van der Waals surface area contributed by atoms with Crippen LogP contribution < -0.4 is 10.1 Å². The third kappa shape index (κ3) is 5.65. The normalized spacial score (nSPS) is 14.1. The minimum absolute atomic E-state index is 0.167. The Hall–Kier alpha value is -3.38. The third-order valence-corrected chi connectivity index (χ3v) is 6.42. The first-order valence-electron chi connectivity index (χ1n) is 11.8. The Bertz CT molecular complexity index is 1330. The van der Waals surface area contributed by atoms with Gasteiger partial charge in [0.2, 0.25) is 0 Å². The van der Waals surface area contributed by atoms with Crippen LogP contribution in [0.1, 0.15) is 10.4 Å². The van der Waals surface area contributed by atoms with Crippen LogP contribution in [0, 0.1) is 0 Å². The van der Waals surface area contributed by atoms with Gasteiger partial charge >= 0.3 is 0 Å². The molecule has 1 N–H and O–H groups in total. The molecule has 0 saturated carbocycles. The van der Waals surface area contributed by atoms with Crippen molar-refractivity contribution in [2.75, 3.05) is 44.8 Å². The van der Waals surface area contributed by atoms with E-state index in [0.717, 1.165) is 66.2 Å². The maximum absolute atomic E-state index is 13.2. The molecule has 5 nitrogen and oxygen atoms in total. The fourth-order valence-electron chi connectivity index (χ4n) is 4.32. The lowest BCUT2D eigenvalue weighted by molar-refractivity contribution is 0.0323. The highest BCUT2D eigenvalue weighted by Gasteiger charge is 2.14. The van der Waals surface area contributed by atoms with Crippen molar-refractivity contribution < 1.29 is 14.3 Å². The molecule has 6 heteroatoms. The first-order chi connectivity index (χ1) is 17.2. The molecule has 1 heterocycles.